The molecule has 1 nitrogen and oxygen atoms in total. The van der Waals surface area contributed by atoms with E-state index in [1.165, 1.54) is 38.5 Å². The third kappa shape index (κ3) is 1.41. The molecular formula is C16H28O. The molecule has 0 aliphatic heterocycles. The van der Waals surface area contributed by atoms with E-state index in [2.05, 4.69) is 20.8 Å². The van der Waals surface area contributed by atoms with Gasteiger partial charge in [0.2, 0.25) is 0 Å². The van der Waals surface area contributed by atoms with Crippen LogP contribution < -0.4 is 0 Å². The molecular weight excluding hydrogens is 208 g/mol. The second-order valence-electron chi connectivity index (χ2n) is 7.83. The molecule has 0 radical (unpaired) electrons. The van der Waals surface area contributed by atoms with E-state index in [0.717, 1.165) is 18.8 Å². The zero-order chi connectivity index (χ0) is 12.3. The highest BCUT2D eigenvalue weighted by atomic mass is 16.3. The average molecular weight is 236 g/mol. The van der Waals surface area contributed by atoms with Gasteiger partial charge in [-0.05, 0) is 54.8 Å². The zero-order valence-corrected chi connectivity index (χ0v) is 11.8. The second kappa shape index (κ2) is 3.50. The minimum Gasteiger partial charge on any atom is -0.390 e. The van der Waals surface area contributed by atoms with Crippen LogP contribution >= 0.6 is 0 Å². The molecule has 2 bridgehead atoms. The van der Waals surface area contributed by atoms with Crippen LogP contribution in [0.2, 0.25) is 0 Å². The van der Waals surface area contributed by atoms with Gasteiger partial charge in [0.25, 0.3) is 0 Å². The summed E-state index contributed by atoms with van der Waals surface area (Å²) in [6.45, 7) is 7.38. The predicted octanol–water partition coefficient (Wildman–Crippen LogP) is 4.14. The van der Waals surface area contributed by atoms with Gasteiger partial charge in [-0.3, -0.25) is 0 Å². The summed E-state index contributed by atoms with van der Waals surface area (Å²) in [6.07, 6.45) is 9.99. The minimum absolute atomic E-state index is 0.320. The summed E-state index contributed by atoms with van der Waals surface area (Å²) in [4.78, 5) is 0. The molecule has 3 saturated carbocycles. The van der Waals surface area contributed by atoms with Crippen molar-refractivity contribution in [3.05, 3.63) is 0 Å². The Morgan fingerprint density at radius 3 is 2.06 bits per heavy atom. The van der Waals surface area contributed by atoms with Crippen molar-refractivity contribution in [1.29, 1.82) is 0 Å². The van der Waals surface area contributed by atoms with Gasteiger partial charge in [0.1, 0.15) is 0 Å². The maximum absolute atomic E-state index is 11.1. The van der Waals surface area contributed by atoms with E-state index in [4.69, 9.17) is 0 Å². The molecule has 0 aromatic carbocycles. The first kappa shape index (κ1) is 12.0. The van der Waals surface area contributed by atoms with Crippen molar-refractivity contribution in [3.63, 3.8) is 0 Å². The molecule has 0 amide bonds. The molecule has 0 saturated heterocycles. The molecule has 1 N–H and O–H groups in total. The molecule has 0 spiro atoms. The summed E-state index contributed by atoms with van der Waals surface area (Å²) in [5.74, 6) is 1.44. The summed E-state index contributed by atoms with van der Waals surface area (Å²) in [6, 6.07) is 0. The molecule has 0 unspecified atom stereocenters. The molecule has 3 atom stereocenters. The van der Waals surface area contributed by atoms with Crippen LogP contribution in [0.4, 0.5) is 0 Å². The van der Waals surface area contributed by atoms with Crippen molar-refractivity contribution in [1.82, 2.24) is 0 Å². The van der Waals surface area contributed by atoms with E-state index in [-0.39, 0.29) is 5.60 Å². The molecule has 3 aliphatic carbocycles. The lowest BCUT2D eigenvalue weighted by atomic mass is 9.59. The lowest BCUT2D eigenvalue weighted by Gasteiger charge is -2.48. The quantitative estimate of drug-likeness (QED) is 0.725. The maximum Gasteiger partial charge on any atom is 0.0681 e. The highest BCUT2D eigenvalue weighted by molar-refractivity contribution is 5.14. The fourth-order valence-electron chi connectivity index (χ4n) is 5.53. The highest BCUT2D eigenvalue weighted by Crippen LogP contribution is 2.71. The Kier molecular flexibility index (Phi) is 2.47. The number of hydrogen-bond donors (Lipinski definition) is 1. The Bertz CT molecular complexity index is 313. The van der Waals surface area contributed by atoms with Gasteiger partial charge in [-0.25, -0.2) is 0 Å². The molecule has 17 heavy (non-hydrogen) atoms. The van der Waals surface area contributed by atoms with E-state index in [0.29, 0.717) is 16.7 Å². The van der Waals surface area contributed by atoms with Crippen LogP contribution in [0.3, 0.4) is 0 Å². The van der Waals surface area contributed by atoms with Crippen LogP contribution in [-0.4, -0.2) is 10.7 Å². The summed E-state index contributed by atoms with van der Waals surface area (Å²) in [5.41, 5.74) is 0.522. The van der Waals surface area contributed by atoms with Crippen LogP contribution in [0.25, 0.3) is 0 Å². The van der Waals surface area contributed by atoms with Crippen LogP contribution in [0, 0.1) is 22.7 Å². The third-order valence-electron chi connectivity index (χ3n) is 7.16. The Morgan fingerprint density at radius 1 is 0.941 bits per heavy atom. The van der Waals surface area contributed by atoms with Crippen LogP contribution in [-0.2, 0) is 0 Å². The van der Waals surface area contributed by atoms with E-state index in [1.54, 1.807) is 0 Å². The maximum atomic E-state index is 11.1. The minimum atomic E-state index is -0.320. The summed E-state index contributed by atoms with van der Waals surface area (Å²) in [7, 11) is 0. The van der Waals surface area contributed by atoms with Gasteiger partial charge < -0.3 is 5.11 Å². The smallest absolute Gasteiger partial charge is 0.0681 e. The Morgan fingerprint density at radius 2 is 1.59 bits per heavy atom. The second-order valence-corrected chi connectivity index (χ2v) is 7.83. The lowest BCUT2D eigenvalue weighted by Crippen LogP contribution is -2.48. The van der Waals surface area contributed by atoms with Crippen molar-refractivity contribution in [2.45, 2.75) is 77.7 Å². The molecule has 0 aromatic heterocycles. The molecule has 98 valence electrons. The van der Waals surface area contributed by atoms with Crippen molar-refractivity contribution in [3.8, 4) is 0 Å². The Hall–Kier alpha value is -0.0400. The Balaban J connectivity index is 1.91. The van der Waals surface area contributed by atoms with Gasteiger partial charge in [0.15, 0.2) is 0 Å². The first-order chi connectivity index (χ1) is 7.90. The normalized spacial score (nSPS) is 47.3. The van der Waals surface area contributed by atoms with E-state index >= 15 is 0 Å². The summed E-state index contributed by atoms with van der Waals surface area (Å²) < 4.78 is 0. The van der Waals surface area contributed by atoms with Crippen molar-refractivity contribution in [2.24, 2.45) is 22.7 Å². The molecule has 1 heteroatoms. The number of rotatable bonds is 1. The van der Waals surface area contributed by atoms with E-state index < -0.39 is 0 Å². The van der Waals surface area contributed by atoms with Crippen LogP contribution in [0.15, 0.2) is 0 Å². The fourth-order valence-corrected chi connectivity index (χ4v) is 5.53. The first-order valence-corrected chi connectivity index (χ1v) is 7.63. The van der Waals surface area contributed by atoms with Gasteiger partial charge in [0, 0.05) is 0 Å². The third-order valence-corrected chi connectivity index (χ3v) is 7.16. The van der Waals surface area contributed by atoms with Gasteiger partial charge in [-0.15, -0.1) is 0 Å². The molecule has 3 rings (SSSR count). The number of hydrogen-bond acceptors (Lipinski definition) is 1. The van der Waals surface area contributed by atoms with E-state index in [1.807, 2.05) is 0 Å². The van der Waals surface area contributed by atoms with E-state index in [9.17, 15) is 5.11 Å². The zero-order valence-electron chi connectivity index (χ0n) is 11.8. The standard InChI is InChI=1S/C16H28O/c1-14(2)12-7-10-15(14,3)13(11-12)16(17)8-5-4-6-9-16/h12-13,17H,4-11H2,1-3H3/t12-,13-,15+/m1/s1. The molecule has 3 aliphatic rings. The predicted molar refractivity (Wildman–Crippen MR) is 70.8 cm³/mol. The van der Waals surface area contributed by atoms with Gasteiger partial charge >= 0.3 is 0 Å². The van der Waals surface area contributed by atoms with Crippen molar-refractivity contribution >= 4 is 0 Å². The summed E-state index contributed by atoms with van der Waals surface area (Å²) in [5, 5.41) is 11.1. The number of fused-ring (bicyclic) bond motifs is 2. The average Bonchev–Trinajstić information content (AvgIpc) is 2.62. The topological polar surface area (TPSA) is 20.2 Å². The lowest BCUT2D eigenvalue weighted by molar-refractivity contribution is -0.102. The van der Waals surface area contributed by atoms with Crippen LogP contribution in [0.5, 0.6) is 0 Å². The monoisotopic (exact) mass is 236 g/mol. The Labute approximate surface area is 106 Å². The highest BCUT2D eigenvalue weighted by Gasteiger charge is 2.65. The fraction of sp³-hybridized carbons (Fsp3) is 1.00. The van der Waals surface area contributed by atoms with Crippen LogP contribution in [0.1, 0.15) is 72.1 Å². The van der Waals surface area contributed by atoms with Gasteiger partial charge in [0.05, 0.1) is 5.60 Å². The first-order valence-electron chi connectivity index (χ1n) is 7.63. The largest absolute Gasteiger partial charge is 0.390 e. The van der Waals surface area contributed by atoms with Crippen molar-refractivity contribution < 1.29 is 5.11 Å². The number of aliphatic hydroxyl groups is 1. The SMILES string of the molecule is CC1(C)[C@@H]2CC[C@@]1(C)[C@H](C1(O)CCCCC1)C2. The van der Waals surface area contributed by atoms with Gasteiger partial charge in [-0.1, -0.05) is 40.0 Å². The molecule has 0 heterocycles. The molecule has 0 aromatic rings. The van der Waals surface area contributed by atoms with Gasteiger partial charge in [-0.2, -0.15) is 0 Å². The molecule has 3 fully saturated rings. The van der Waals surface area contributed by atoms with Crippen molar-refractivity contribution in [2.75, 3.05) is 0 Å². The summed E-state index contributed by atoms with van der Waals surface area (Å²) >= 11 is 0.